The predicted molar refractivity (Wildman–Crippen MR) is 70.3 cm³/mol. The van der Waals surface area contributed by atoms with Crippen molar-refractivity contribution >= 4 is 72.9 Å². The van der Waals surface area contributed by atoms with Crippen molar-refractivity contribution < 1.29 is 23.4 Å². The number of nitrogens with two attached hydrogens (primary N) is 2. The second kappa shape index (κ2) is 14.9. The summed E-state index contributed by atoms with van der Waals surface area (Å²) in [4.78, 5) is 19.5. The third kappa shape index (κ3) is 15.5. The summed E-state index contributed by atoms with van der Waals surface area (Å²) in [6, 6.07) is 0. The van der Waals surface area contributed by atoms with Crippen LogP contribution in [0.2, 0.25) is 0 Å². The molecule has 0 saturated heterocycles. The molecule has 0 aromatic carbocycles. The molecule has 7 N–H and O–H groups in total. The number of carbonyl (C=O) groups excluding carboxylic acids is 1. The van der Waals surface area contributed by atoms with Gasteiger partial charge in [-0.3, -0.25) is 9.69 Å². The van der Waals surface area contributed by atoms with Gasteiger partial charge in [0.05, 0.1) is 6.54 Å². The van der Waals surface area contributed by atoms with Crippen molar-refractivity contribution in [2.75, 3.05) is 32.7 Å². The van der Waals surface area contributed by atoms with Gasteiger partial charge >= 0.3 is 72.9 Å². The second-order valence-electron chi connectivity index (χ2n) is 2.66. The fourth-order valence-electron chi connectivity index (χ4n) is 0.678. The Hall–Kier alpha value is 1.46. The van der Waals surface area contributed by atoms with E-state index in [1.807, 2.05) is 0 Å². The molecule has 1 atom stereocenters. The summed E-state index contributed by atoms with van der Waals surface area (Å²) >= 11 is 0. The predicted octanol–water partition coefficient (Wildman–Crippen LogP) is -3.64. The van der Waals surface area contributed by atoms with Gasteiger partial charge in [-0.2, -0.15) is 10.1 Å². The average molecular weight is 304 g/mol. The quantitative estimate of drug-likeness (QED) is 0.126. The molecule has 0 bridgehead atoms. The molecule has 100 valence electrons. The van der Waals surface area contributed by atoms with Crippen molar-refractivity contribution in [1.29, 1.82) is 0 Å². The summed E-state index contributed by atoms with van der Waals surface area (Å²) in [5.74, 6) is -1.02. The van der Waals surface area contributed by atoms with Crippen molar-refractivity contribution in [3.05, 3.63) is 0 Å². The van der Waals surface area contributed by atoms with Gasteiger partial charge in [0, 0.05) is 26.2 Å². The summed E-state index contributed by atoms with van der Waals surface area (Å²) < 4.78 is 19.3. The molecule has 0 amide bonds. The summed E-state index contributed by atoms with van der Waals surface area (Å²) in [5, 5.41) is 2.91. The van der Waals surface area contributed by atoms with E-state index in [4.69, 9.17) is 16.4 Å². The topological polar surface area (TPSA) is 149 Å². The second-order valence-corrected chi connectivity index (χ2v) is 3.96. The van der Waals surface area contributed by atoms with E-state index in [-0.39, 0.29) is 65.7 Å². The van der Waals surface area contributed by atoms with Gasteiger partial charge in [-0.25, -0.2) is 4.57 Å². The fraction of sp³-hybridized carbons (Fsp3) is 0.833. The number of phosphoric ester groups is 1. The van der Waals surface area contributed by atoms with E-state index in [1.54, 1.807) is 0 Å². The summed E-state index contributed by atoms with van der Waals surface area (Å²) in [7, 11) is -4.41. The molecule has 0 aliphatic rings. The Morgan fingerprint density at radius 2 is 1.83 bits per heavy atom. The van der Waals surface area contributed by atoms with Gasteiger partial charge in [-0.15, -0.1) is 0 Å². The standard InChI is InChI=1S/C6H17N4O5P.2Na.2H/c7-1-2-9-3-4-10-15-16(12,13)14-6(11)5-8;;;;/h9-10H,1-5,7-8H2,(H,12,13);;;;. The Morgan fingerprint density at radius 1 is 1.22 bits per heavy atom. The molecule has 9 nitrogen and oxygen atoms in total. The molecule has 0 heterocycles. The van der Waals surface area contributed by atoms with E-state index >= 15 is 0 Å². The van der Waals surface area contributed by atoms with Crippen molar-refractivity contribution in [3.63, 3.8) is 0 Å². The summed E-state index contributed by atoms with van der Waals surface area (Å²) in [6.07, 6.45) is 0. The Labute approximate surface area is 150 Å². The zero-order valence-corrected chi connectivity index (χ0v) is 9.61. The van der Waals surface area contributed by atoms with E-state index in [9.17, 15) is 9.36 Å². The molecular weight excluding hydrogens is 285 g/mol. The number of carbonyl (C=O) groups is 1. The molecule has 0 fully saturated rings. The van der Waals surface area contributed by atoms with Gasteiger partial charge in [-0.1, -0.05) is 0 Å². The maximum absolute atomic E-state index is 11.0. The van der Waals surface area contributed by atoms with Crippen LogP contribution in [0.25, 0.3) is 0 Å². The zero-order chi connectivity index (χ0) is 12.4. The van der Waals surface area contributed by atoms with Crippen LogP contribution < -0.4 is 22.3 Å². The molecule has 0 rings (SSSR count). The van der Waals surface area contributed by atoms with E-state index < -0.39 is 20.3 Å². The van der Waals surface area contributed by atoms with Gasteiger partial charge in [0.1, 0.15) is 0 Å². The van der Waals surface area contributed by atoms with Gasteiger partial charge in [0.15, 0.2) is 0 Å². The van der Waals surface area contributed by atoms with Crippen LogP contribution >= 0.6 is 7.82 Å². The van der Waals surface area contributed by atoms with E-state index in [0.29, 0.717) is 19.6 Å². The average Bonchev–Trinajstić information content (AvgIpc) is 2.22. The maximum atomic E-state index is 11.0. The SMILES string of the molecule is NCCNCCNOP(=O)(O)OC(=O)CN.[NaH].[NaH]. The first-order valence-corrected chi connectivity index (χ1v) is 6.09. The van der Waals surface area contributed by atoms with E-state index in [0.717, 1.165) is 0 Å². The number of hydrogen-bond acceptors (Lipinski definition) is 8. The van der Waals surface area contributed by atoms with Crippen LogP contribution in [0.1, 0.15) is 0 Å². The molecule has 0 radical (unpaired) electrons. The number of phosphoric acid groups is 1. The molecule has 0 aromatic heterocycles. The van der Waals surface area contributed by atoms with E-state index in [2.05, 4.69) is 19.9 Å². The van der Waals surface area contributed by atoms with Gasteiger partial charge in [0.25, 0.3) is 0 Å². The Bertz CT molecular complexity index is 260. The van der Waals surface area contributed by atoms with Gasteiger partial charge < -0.3 is 21.3 Å². The van der Waals surface area contributed by atoms with Gasteiger partial charge in [0.2, 0.25) is 0 Å². The number of nitrogens with one attached hydrogen (secondary N) is 2. The number of hydroxylamine groups is 1. The Kier molecular flexibility index (Phi) is 20.2. The number of hydrogen-bond donors (Lipinski definition) is 5. The summed E-state index contributed by atoms with van der Waals surface area (Å²) in [6.45, 7) is 1.37. The summed E-state index contributed by atoms with van der Waals surface area (Å²) in [5.41, 5.74) is 12.3. The monoisotopic (exact) mass is 304 g/mol. The molecule has 18 heavy (non-hydrogen) atoms. The minimum absolute atomic E-state index is 0. The third-order valence-corrected chi connectivity index (χ3v) is 2.08. The first-order chi connectivity index (χ1) is 7.52. The molecule has 0 aromatic rings. The van der Waals surface area contributed by atoms with Gasteiger partial charge in [-0.05, 0) is 0 Å². The van der Waals surface area contributed by atoms with Crippen molar-refractivity contribution in [2.45, 2.75) is 0 Å². The zero-order valence-electron chi connectivity index (χ0n) is 8.72. The first-order valence-electron chi connectivity index (χ1n) is 4.59. The Morgan fingerprint density at radius 3 is 2.33 bits per heavy atom. The Balaban J connectivity index is -0.00000112. The van der Waals surface area contributed by atoms with Crippen LogP contribution in [-0.4, -0.2) is 103 Å². The molecule has 1 unspecified atom stereocenters. The molecular formula is C6H19N4Na2O5P. The first kappa shape index (κ1) is 24.5. The van der Waals surface area contributed by atoms with Crippen LogP contribution in [0, 0.1) is 0 Å². The van der Waals surface area contributed by atoms with E-state index in [1.165, 1.54) is 0 Å². The van der Waals surface area contributed by atoms with Crippen LogP contribution in [0.15, 0.2) is 0 Å². The molecule has 0 saturated carbocycles. The van der Waals surface area contributed by atoms with Crippen LogP contribution in [0.4, 0.5) is 0 Å². The van der Waals surface area contributed by atoms with Crippen molar-refractivity contribution in [1.82, 2.24) is 10.8 Å². The third-order valence-electron chi connectivity index (χ3n) is 1.29. The normalized spacial score (nSPS) is 12.8. The molecule has 0 aliphatic carbocycles. The van der Waals surface area contributed by atoms with Crippen LogP contribution in [0.3, 0.4) is 0 Å². The number of rotatable bonds is 9. The molecule has 0 spiro atoms. The van der Waals surface area contributed by atoms with Crippen LogP contribution in [0.5, 0.6) is 0 Å². The van der Waals surface area contributed by atoms with Crippen molar-refractivity contribution in [2.24, 2.45) is 11.5 Å². The van der Waals surface area contributed by atoms with Crippen molar-refractivity contribution in [3.8, 4) is 0 Å². The fourth-order valence-corrected chi connectivity index (χ4v) is 1.30. The molecule has 12 heteroatoms. The van der Waals surface area contributed by atoms with Crippen LogP contribution in [-0.2, 0) is 18.5 Å². The molecule has 0 aliphatic heterocycles. The minimum atomic E-state index is -4.41.